The van der Waals surface area contributed by atoms with Crippen molar-refractivity contribution in [1.82, 2.24) is 0 Å². The first-order valence-corrected chi connectivity index (χ1v) is 7.63. The number of hydrogen-bond acceptors (Lipinski definition) is 3. The Hall–Kier alpha value is -2.56. The number of hydrogen-bond donors (Lipinski definition) is 2. The van der Waals surface area contributed by atoms with Gasteiger partial charge in [0.25, 0.3) is 0 Å². The van der Waals surface area contributed by atoms with E-state index in [4.69, 9.17) is 5.11 Å². The summed E-state index contributed by atoms with van der Waals surface area (Å²) in [6, 6.07) is 11.2. The van der Waals surface area contributed by atoms with Crippen LogP contribution in [0, 0.1) is 28.6 Å². The second-order valence-corrected chi connectivity index (χ2v) is 5.74. The number of aliphatic hydroxyl groups is 1. The number of benzene rings is 1. The summed E-state index contributed by atoms with van der Waals surface area (Å²) in [5, 5.41) is 29.7. The number of rotatable bonds is 4. The zero-order chi connectivity index (χ0) is 16.9. The highest BCUT2D eigenvalue weighted by molar-refractivity contribution is 5.81. The maximum Gasteiger partial charge on any atom is 0.329 e. The van der Waals surface area contributed by atoms with Crippen LogP contribution in [0.4, 0.5) is 0 Å². The van der Waals surface area contributed by atoms with Crippen molar-refractivity contribution < 1.29 is 15.0 Å². The average Bonchev–Trinajstić information content (AvgIpc) is 2.51. The van der Waals surface area contributed by atoms with Crippen molar-refractivity contribution in [1.29, 1.82) is 5.26 Å². The lowest BCUT2D eigenvalue weighted by atomic mass is 9.57. The predicted molar refractivity (Wildman–Crippen MR) is 86.0 cm³/mol. The number of carbonyl (C=O) groups is 1. The van der Waals surface area contributed by atoms with Gasteiger partial charge in [0.05, 0.1) is 6.07 Å². The average molecular weight is 309 g/mol. The maximum atomic E-state index is 11.3. The van der Waals surface area contributed by atoms with Crippen LogP contribution in [0.1, 0.15) is 38.2 Å². The highest BCUT2D eigenvalue weighted by atomic mass is 16.4. The van der Waals surface area contributed by atoms with Crippen LogP contribution in [0.25, 0.3) is 0 Å². The molecule has 0 amide bonds. The van der Waals surface area contributed by atoms with Gasteiger partial charge in [0.1, 0.15) is 5.41 Å². The highest BCUT2D eigenvalue weighted by Gasteiger charge is 2.55. The predicted octanol–water partition coefficient (Wildman–Crippen LogP) is 2.99. The molecule has 0 spiro atoms. The Morgan fingerprint density at radius 1 is 1.39 bits per heavy atom. The van der Waals surface area contributed by atoms with E-state index < -0.39 is 17.0 Å². The molecule has 0 heterocycles. The van der Waals surface area contributed by atoms with Crippen molar-refractivity contribution in [3.8, 4) is 17.9 Å². The van der Waals surface area contributed by atoms with Crippen molar-refractivity contribution in [2.75, 3.05) is 0 Å². The molecule has 118 valence electrons. The number of carboxylic acids is 1. The molecule has 1 aliphatic rings. The third kappa shape index (κ3) is 3.13. The first-order valence-electron chi connectivity index (χ1n) is 7.63. The molecule has 0 aliphatic heterocycles. The Balaban J connectivity index is 2.53. The fourth-order valence-corrected chi connectivity index (χ4v) is 2.78. The van der Waals surface area contributed by atoms with Crippen LogP contribution in [-0.4, -0.2) is 16.2 Å². The molecular weight excluding hydrogens is 290 g/mol. The van der Waals surface area contributed by atoms with Gasteiger partial charge in [-0.25, -0.2) is 4.79 Å². The van der Waals surface area contributed by atoms with Crippen LogP contribution < -0.4 is 0 Å². The molecule has 23 heavy (non-hydrogen) atoms. The molecule has 1 aliphatic carbocycles. The van der Waals surface area contributed by atoms with E-state index in [-0.39, 0.29) is 0 Å². The van der Waals surface area contributed by atoms with Crippen LogP contribution in [0.15, 0.2) is 42.0 Å². The van der Waals surface area contributed by atoms with Crippen molar-refractivity contribution in [3.05, 3.63) is 47.5 Å². The number of nitrogens with zero attached hydrogens (tertiary/aromatic N) is 1. The van der Waals surface area contributed by atoms with Crippen molar-refractivity contribution in [2.45, 2.75) is 38.2 Å². The van der Waals surface area contributed by atoms with Gasteiger partial charge < -0.3 is 10.2 Å². The number of allylic oxidation sites excluding steroid dienone is 1. The molecule has 0 unspecified atom stereocenters. The quantitative estimate of drug-likeness (QED) is 0.662. The smallest absolute Gasteiger partial charge is 0.329 e. The summed E-state index contributed by atoms with van der Waals surface area (Å²) in [5.74, 6) is 4.52. The summed E-state index contributed by atoms with van der Waals surface area (Å²) in [4.78, 5) is 10.8. The minimum atomic E-state index is -1.60. The van der Waals surface area contributed by atoms with E-state index in [1.54, 1.807) is 31.2 Å². The van der Waals surface area contributed by atoms with Gasteiger partial charge in [0.2, 0.25) is 0 Å². The molecular formula is C19H19NO3. The van der Waals surface area contributed by atoms with Crippen LogP contribution in [0.5, 0.6) is 0 Å². The van der Waals surface area contributed by atoms with Gasteiger partial charge in [-0.3, -0.25) is 0 Å². The van der Waals surface area contributed by atoms with Crippen LogP contribution in [0.3, 0.4) is 0 Å². The van der Waals surface area contributed by atoms with Crippen LogP contribution in [0.2, 0.25) is 0 Å². The van der Waals surface area contributed by atoms with E-state index in [2.05, 4.69) is 17.9 Å². The maximum absolute atomic E-state index is 11.3. The first-order chi connectivity index (χ1) is 11.0. The van der Waals surface area contributed by atoms with Gasteiger partial charge >= 0.3 is 5.97 Å². The summed E-state index contributed by atoms with van der Waals surface area (Å²) in [6.07, 6.45) is 3.51. The summed E-state index contributed by atoms with van der Waals surface area (Å²) < 4.78 is 0. The van der Waals surface area contributed by atoms with Gasteiger partial charge in [-0.15, -0.1) is 0 Å². The number of nitriles is 1. The largest absolute Gasteiger partial charge is 0.478 e. The van der Waals surface area contributed by atoms with E-state index in [1.165, 1.54) is 0 Å². The van der Waals surface area contributed by atoms with E-state index in [1.807, 2.05) is 6.07 Å². The fourth-order valence-electron chi connectivity index (χ4n) is 2.78. The van der Waals surface area contributed by atoms with E-state index in [0.29, 0.717) is 30.4 Å². The van der Waals surface area contributed by atoms with Crippen molar-refractivity contribution in [3.63, 3.8) is 0 Å². The normalized spacial score (nSPS) is 18.6. The number of aliphatic carboxylic acids is 1. The minimum Gasteiger partial charge on any atom is -0.478 e. The monoisotopic (exact) mass is 309 g/mol. The Kier molecular flexibility index (Phi) is 4.89. The molecule has 1 saturated carbocycles. The standard InChI is InChI=1S/C19H19NO3/c1-2-15(13-17(21)22)9-12-19(23,16-7-4-3-5-8-16)18(14-20)10-6-11-18/h3-5,7-8,13,23H,2,6,10-11H2,1H3,(H,21,22)/b15-13-/t19-/m0/s1. The minimum absolute atomic E-state index is 0.416. The molecule has 2 rings (SSSR count). The lowest BCUT2D eigenvalue weighted by Crippen LogP contribution is -2.48. The summed E-state index contributed by atoms with van der Waals surface area (Å²) in [5.41, 5.74) is -1.56. The topological polar surface area (TPSA) is 81.3 Å². The van der Waals surface area contributed by atoms with Gasteiger partial charge in [-0.05, 0) is 31.2 Å². The van der Waals surface area contributed by atoms with Crippen molar-refractivity contribution >= 4 is 5.97 Å². The number of carboxylic acid groups (broad SMARTS) is 1. The van der Waals surface area contributed by atoms with Gasteiger partial charge in [0.15, 0.2) is 5.60 Å². The van der Waals surface area contributed by atoms with E-state index in [9.17, 15) is 15.2 Å². The zero-order valence-electron chi connectivity index (χ0n) is 13.0. The summed E-state index contributed by atoms with van der Waals surface area (Å²) in [7, 11) is 0. The summed E-state index contributed by atoms with van der Waals surface area (Å²) in [6.45, 7) is 1.80. The molecule has 0 radical (unpaired) electrons. The molecule has 0 saturated heterocycles. The molecule has 2 N–H and O–H groups in total. The van der Waals surface area contributed by atoms with E-state index in [0.717, 1.165) is 12.5 Å². The molecule has 0 bridgehead atoms. The lowest BCUT2D eigenvalue weighted by molar-refractivity contribution is -0.131. The second-order valence-electron chi connectivity index (χ2n) is 5.74. The molecule has 4 heteroatoms. The van der Waals surface area contributed by atoms with Gasteiger partial charge in [-0.2, -0.15) is 5.26 Å². The summed E-state index contributed by atoms with van der Waals surface area (Å²) >= 11 is 0. The van der Waals surface area contributed by atoms with Crippen LogP contribution in [-0.2, 0) is 10.4 Å². The third-order valence-corrected chi connectivity index (χ3v) is 4.39. The first kappa shape index (κ1) is 16.8. The molecule has 0 aromatic heterocycles. The fraction of sp³-hybridized carbons (Fsp3) is 0.368. The van der Waals surface area contributed by atoms with Gasteiger partial charge in [-0.1, -0.05) is 49.1 Å². The Labute approximate surface area is 136 Å². The Bertz CT molecular complexity index is 714. The molecule has 1 aromatic carbocycles. The van der Waals surface area contributed by atoms with E-state index >= 15 is 0 Å². The molecule has 1 fully saturated rings. The Morgan fingerprint density at radius 3 is 2.48 bits per heavy atom. The molecule has 4 nitrogen and oxygen atoms in total. The molecule has 1 atom stereocenters. The van der Waals surface area contributed by atoms with Crippen LogP contribution >= 0.6 is 0 Å². The lowest BCUT2D eigenvalue weighted by Gasteiger charge is -2.45. The second kappa shape index (κ2) is 6.69. The third-order valence-electron chi connectivity index (χ3n) is 4.39. The SMILES string of the molecule is CC/C(C#C[C@](O)(c1ccccc1)C1(C#N)CCC1)=C/C(=O)O. The zero-order valence-corrected chi connectivity index (χ0v) is 13.0. The molecule has 1 aromatic rings. The Morgan fingerprint density at radius 2 is 2.04 bits per heavy atom. The van der Waals surface area contributed by atoms with Crippen molar-refractivity contribution in [2.24, 2.45) is 5.41 Å². The highest BCUT2D eigenvalue weighted by Crippen LogP contribution is 2.53. The van der Waals surface area contributed by atoms with Gasteiger partial charge in [0, 0.05) is 11.6 Å².